The SMILES string of the molecule is c1ccc2c(c1)CCC2c1cn[nH]c1. The van der Waals surface area contributed by atoms with Gasteiger partial charge in [-0.1, -0.05) is 24.3 Å². The number of aromatic amines is 1. The molecule has 2 nitrogen and oxygen atoms in total. The summed E-state index contributed by atoms with van der Waals surface area (Å²) in [7, 11) is 0. The van der Waals surface area contributed by atoms with Crippen LogP contribution in [0.3, 0.4) is 0 Å². The van der Waals surface area contributed by atoms with E-state index in [9.17, 15) is 0 Å². The maximum absolute atomic E-state index is 4.01. The van der Waals surface area contributed by atoms with Gasteiger partial charge in [0.25, 0.3) is 0 Å². The lowest BCUT2D eigenvalue weighted by molar-refractivity contribution is 0.789. The van der Waals surface area contributed by atoms with Gasteiger partial charge in [-0.15, -0.1) is 0 Å². The number of rotatable bonds is 1. The first-order chi connectivity index (χ1) is 6.95. The third-order valence-corrected chi connectivity index (χ3v) is 3.05. The van der Waals surface area contributed by atoms with Crippen molar-refractivity contribution in [2.24, 2.45) is 0 Å². The highest BCUT2D eigenvalue weighted by Gasteiger charge is 2.23. The van der Waals surface area contributed by atoms with Gasteiger partial charge in [0, 0.05) is 12.1 Å². The second-order valence-electron chi connectivity index (χ2n) is 3.82. The summed E-state index contributed by atoms with van der Waals surface area (Å²) in [6, 6.07) is 8.71. The molecular weight excluding hydrogens is 172 g/mol. The minimum absolute atomic E-state index is 0.560. The van der Waals surface area contributed by atoms with Crippen molar-refractivity contribution in [2.75, 3.05) is 0 Å². The van der Waals surface area contributed by atoms with Crippen LogP contribution >= 0.6 is 0 Å². The number of hydrogen-bond donors (Lipinski definition) is 1. The monoisotopic (exact) mass is 184 g/mol. The molecule has 3 rings (SSSR count). The van der Waals surface area contributed by atoms with Crippen molar-refractivity contribution in [3.63, 3.8) is 0 Å². The summed E-state index contributed by atoms with van der Waals surface area (Å²) in [6.45, 7) is 0. The van der Waals surface area contributed by atoms with Gasteiger partial charge in [0.05, 0.1) is 6.20 Å². The summed E-state index contributed by atoms with van der Waals surface area (Å²) < 4.78 is 0. The fourth-order valence-electron chi connectivity index (χ4n) is 2.35. The third kappa shape index (κ3) is 1.07. The van der Waals surface area contributed by atoms with Crippen LogP contribution in [0.4, 0.5) is 0 Å². The van der Waals surface area contributed by atoms with E-state index < -0.39 is 0 Å². The van der Waals surface area contributed by atoms with Crippen molar-refractivity contribution in [2.45, 2.75) is 18.8 Å². The lowest BCUT2D eigenvalue weighted by Crippen LogP contribution is -1.93. The summed E-state index contributed by atoms with van der Waals surface area (Å²) in [5.41, 5.74) is 4.29. The van der Waals surface area contributed by atoms with E-state index in [1.54, 1.807) is 0 Å². The Labute approximate surface area is 83.0 Å². The molecule has 0 radical (unpaired) electrons. The molecule has 1 aliphatic carbocycles. The molecular formula is C12H12N2. The fourth-order valence-corrected chi connectivity index (χ4v) is 2.35. The number of benzene rings is 1. The summed E-state index contributed by atoms with van der Waals surface area (Å²) in [4.78, 5) is 0. The van der Waals surface area contributed by atoms with E-state index in [4.69, 9.17) is 0 Å². The zero-order chi connectivity index (χ0) is 9.38. The Morgan fingerprint density at radius 3 is 3.07 bits per heavy atom. The largest absolute Gasteiger partial charge is 0.285 e. The summed E-state index contributed by atoms with van der Waals surface area (Å²) >= 11 is 0. The van der Waals surface area contributed by atoms with E-state index in [1.165, 1.54) is 29.5 Å². The lowest BCUT2D eigenvalue weighted by Gasteiger charge is -2.07. The third-order valence-electron chi connectivity index (χ3n) is 3.05. The quantitative estimate of drug-likeness (QED) is 0.724. The van der Waals surface area contributed by atoms with Crippen molar-refractivity contribution in [1.82, 2.24) is 10.2 Å². The number of aromatic nitrogens is 2. The van der Waals surface area contributed by atoms with Crippen LogP contribution in [0.15, 0.2) is 36.7 Å². The van der Waals surface area contributed by atoms with Crippen LogP contribution in [0.1, 0.15) is 29.0 Å². The highest BCUT2D eigenvalue weighted by atomic mass is 15.1. The van der Waals surface area contributed by atoms with Crippen molar-refractivity contribution >= 4 is 0 Å². The van der Waals surface area contributed by atoms with Crippen molar-refractivity contribution in [3.05, 3.63) is 53.3 Å². The maximum Gasteiger partial charge on any atom is 0.0525 e. The molecule has 2 heteroatoms. The minimum Gasteiger partial charge on any atom is -0.285 e. The van der Waals surface area contributed by atoms with E-state index in [0.717, 1.165) is 0 Å². The van der Waals surface area contributed by atoms with E-state index >= 15 is 0 Å². The molecule has 1 heterocycles. The van der Waals surface area contributed by atoms with Crippen molar-refractivity contribution in [3.8, 4) is 0 Å². The fraction of sp³-hybridized carbons (Fsp3) is 0.250. The van der Waals surface area contributed by atoms with E-state index in [2.05, 4.69) is 34.5 Å². The number of nitrogens with one attached hydrogen (secondary N) is 1. The molecule has 1 aromatic heterocycles. The Morgan fingerprint density at radius 1 is 1.29 bits per heavy atom. The molecule has 0 fully saturated rings. The molecule has 0 aliphatic heterocycles. The number of nitrogens with zero attached hydrogens (tertiary/aromatic N) is 1. The average molecular weight is 184 g/mol. The van der Waals surface area contributed by atoms with Gasteiger partial charge in [0.2, 0.25) is 0 Å². The molecule has 2 aromatic rings. The summed E-state index contributed by atoms with van der Waals surface area (Å²) in [6.07, 6.45) is 6.37. The van der Waals surface area contributed by atoms with Crippen LogP contribution in [-0.2, 0) is 6.42 Å². The zero-order valence-electron chi connectivity index (χ0n) is 7.90. The van der Waals surface area contributed by atoms with Crippen LogP contribution < -0.4 is 0 Å². The first kappa shape index (κ1) is 7.80. The highest BCUT2D eigenvalue weighted by molar-refractivity contribution is 5.40. The smallest absolute Gasteiger partial charge is 0.0525 e. The van der Waals surface area contributed by atoms with Gasteiger partial charge in [-0.05, 0) is 29.5 Å². The zero-order valence-corrected chi connectivity index (χ0v) is 7.90. The normalized spacial score (nSPS) is 19.6. The van der Waals surface area contributed by atoms with Crippen LogP contribution in [0.25, 0.3) is 0 Å². The number of fused-ring (bicyclic) bond motifs is 1. The molecule has 1 unspecified atom stereocenters. The Hall–Kier alpha value is -1.57. The molecule has 0 amide bonds. The van der Waals surface area contributed by atoms with Crippen molar-refractivity contribution < 1.29 is 0 Å². The Morgan fingerprint density at radius 2 is 2.21 bits per heavy atom. The van der Waals surface area contributed by atoms with Crippen molar-refractivity contribution in [1.29, 1.82) is 0 Å². The average Bonchev–Trinajstić information content (AvgIpc) is 2.85. The second kappa shape index (κ2) is 2.98. The summed E-state index contributed by atoms with van der Waals surface area (Å²) in [5, 5.41) is 6.90. The predicted octanol–water partition coefficient (Wildman–Crippen LogP) is 2.49. The Balaban J connectivity index is 2.06. The van der Waals surface area contributed by atoms with Crippen LogP contribution in [0.2, 0.25) is 0 Å². The molecule has 1 atom stereocenters. The first-order valence-electron chi connectivity index (χ1n) is 5.01. The minimum atomic E-state index is 0.560. The molecule has 0 spiro atoms. The van der Waals surface area contributed by atoms with Crippen LogP contribution in [0.5, 0.6) is 0 Å². The Kier molecular flexibility index (Phi) is 1.66. The molecule has 0 saturated carbocycles. The van der Waals surface area contributed by atoms with Gasteiger partial charge < -0.3 is 0 Å². The number of aryl methyl sites for hydroxylation is 1. The van der Waals surface area contributed by atoms with Gasteiger partial charge in [0.15, 0.2) is 0 Å². The summed E-state index contributed by atoms with van der Waals surface area (Å²) in [5.74, 6) is 0.560. The maximum atomic E-state index is 4.01. The lowest BCUT2D eigenvalue weighted by atomic mass is 9.96. The van der Waals surface area contributed by atoms with Gasteiger partial charge in [-0.3, -0.25) is 5.10 Å². The van der Waals surface area contributed by atoms with Gasteiger partial charge in [-0.25, -0.2) is 0 Å². The Bertz CT molecular complexity index is 431. The second-order valence-corrected chi connectivity index (χ2v) is 3.82. The molecule has 1 N–H and O–H groups in total. The highest BCUT2D eigenvalue weighted by Crippen LogP contribution is 2.37. The standard InChI is InChI=1S/C12H12N2/c1-2-4-11-9(3-1)5-6-12(11)10-7-13-14-8-10/h1-4,7-8,12H,5-6H2,(H,13,14). The molecule has 0 saturated heterocycles. The first-order valence-corrected chi connectivity index (χ1v) is 5.01. The molecule has 0 bridgehead atoms. The van der Waals surface area contributed by atoms with Gasteiger partial charge in [0.1, 0.15) is 0 Å². The van der Waals surface area contributed by atoms with E-state index in [1.807, 2.05) is 12.4 Å². The van der Waals surface area contributed by atoms with Crippen LogP contribution in [0, 0.1) is 0 Å². The molecule has 70 valence electrons. The van der Waals surface area contributed by atoms with E-state index in [-0.39, 0.29) is 0 Å². The van der Waals surface area contributed by atoms with Crippen LogP contribution in [-0.4, -0.2) is 10.2 Å². The van der Waals surface area contributed by atoms with Gasteiger partial charge in [-0.2, -0.15) is 5.10 Å². The topological polar surface area (TPSA) is 28.7 Å². The van der Waals surface area contributed by atoms with E-state index in [0.29, 0.717) is 5.92 Å². The predicted molar refractivity (Wildman–Crippen MR) is 55.2 cm³/mol. The molecule has 1 aliphatic rings. The number of H-pyrrole nitrogens is 1. The van der Waals surface area contributed by atoms with Gasteiger partial charge >= 0.3 is 0 Å². The molecule has 14 heavy (non-hydrogen) atoms. The number of hydrogen-bond acceptors (Lipinski definition) is 1. The molecule has 1 aromatic carbocycles.